The molecule has 0 spiro atoms. The highest BCUT2D eigenvalue weighted by atomic mass is 16.5. The number of ether oxygens (including phenoxy) is 2. The molecule has 10 nitrogen and oxygen atoms in total. The Kier molecular flexibility index (Phi) is 9.09. The van der Waals surface area contributed by atoms with Crippen LogP contribution in [0.15, 0.2) is 140 Å². The largest absolute Gasteiger partial charge is 0.497 e. The van der Waals surface area contributed by atoms with Gasteiger partial charge in [-0.15, -0.1) is 10.2 Å². The fourth-order valence-corrected chi connectivity index (χ4v) is 7.44. The van der Waals surface area contributed by atoms with Gasteiger partial charge in [-0.25, -0.2) is 9.48 Å². The number of esters is 1. The first-order valence-corrected chi connectivity index (χ1v) is 17.8. The number of methoxy groups -OCH3 is 2. The van der Waals surface area contributed by atoms with Crippen LogP contribution in [0.25, 0.3) is 33.8 Å². The summed E-state index contributed by atoms with van der Waals surface area (Å²) in [6, 6.07) is 44.7. The van der Waals surface area contributed by atoms with Crippen molar-refractivity contribution >= 4 is 16.9 Å². The molecule has 0 aliphatic heterocycles. The Bertz CT molecular complexity index is 2460. The van der Waals surface area contributed by atoms with Gasteiger partial charge in [-0.05, 0) is 66.4 Å². The van der Waals surface area contributed by atoms with Crippen molar-refractivity contribution in [3.05, 3.63) is 173 Å². The van der Waals surface area contributed by atoms with Gasteiger partial charge in [0.25, 0.3) is 0 Å². The third kappa shape index (κ3) is 5.81. The molecule has 0 saturated carbocycles. The van der Waals surface area contributed by atoms with E-state index in [0.29, 0.717) is 35.9 Å². The van der Waals surface area contributed by atoms with Crippen LogP contribution in [-0.4, -0.2) is 54.5 Å². The minimum absolute atomic E-state index is 0.361. The zero-order valence-corrected chi connectivity index (χ0v) is 30.5. The SMILES string of the molecule is CCn1nc(C)cc1-c1nnc(-c2cc(C(=O)OC)cc3c2cnn3C(c2ccccc2)(c2ccccc2)c2ccccc2)n1Cc1ccc(OC)cc1. The van der Waals surface area contributed by atoms with Crippen molar-refractivity contribution in [2.75, 3.05) is 14.2 Å². The number of carbonyl (C=O) groups is 1. The predicted molar refractivity (Wildman–Crippen MR) is 208 cm³/mol. The molecule has 8 rings (SSSR count). The van der Waals surface area contributed by atoms with Crippen molar-refractivity contribution < 1.29 is 14.3 Å². The molecule has 0 bridgehead atoms. The van der Waals surface area contributed by atoms with E-state index in [0.717, 1.165) is 50.3 Å². The molecule has 54 heavy (non-hydrogen) atoms. The molecule has 268 valence electrons. The Morgan fingerprint density at radius 3 is 1.89 bits per heavy atom. The fraction of sp³-hybridized carbons (Fsp3) is 0.159. The van der Waals surface area contributed by atoms with E-state index in [2.05, 4.69) is 47.9 Å². The van der Waals surface area contributed by atoms with Gasteiger partial charge in [0, 0.05) is 17.5 Å². The van der Waals surface area contributed by atoms with Crippen molar-refractivity contribution in [1.82, 2.24) is 34.3 Å². The van der Waals surface area contributed by atoms with Gasteiger partial charge in [-0.1, -0.05) is 103 Å². The molecule has 3 heterocycles. The summed E-state index contributed by atoms with van der Waals surface area (Å²) in [5.74, 6) is 1.51. The maximum atomic E-state index is 13.6. The average molecular weight is 714 g/mol. The van der Waals surface area contributed by atoms with Crippen LogP contribution >= 0.6 is 0 Å². The number of nitrogens with zero attached hydrogens (tertiary/aromatic N) is 7. The van der Waals surface area contributed by atoms with Crippen LogP contribution in [0.4, 0.5) is 0 Å². The summed E-state index contributed by atoms with van der Waals surface area (Å²) in [6.07, 6.45) is 1.86. The molecule has 0 aliphatic rings. The van der Waals surface area contributed by atoms with Gasteiger partial charge in [0.05, 0.1) is 43.7 Å². The third-order valence-corrected chi connectivity index (χ3v) is 9.92. The molecule has 0 aliphatic carbocycles. The lowest BCUT2D eigenvalue weighted by Crippen LogP contribution is -2.38. The first kappa shape index (κ1) is 34.3. The van der Waals surface area contributed by atoms with Crippen LogP contribution in [0.1, 0.15) is 45.2 Å². The Morgan fingerprint density at radius 1 is 0.741 bits per heavy atom. The highest BCUT2D eigenvalue weighted by Crippen LogP contribution is 2.44. The van der Waals surface area contributed by atoms with Gasteiger partial charge in [-0.3, -0.25) is 4.68 Å². The van der Waals surface area contributed by atoms with E-state index >= 15 is 0 Å². The van der Waals surface area contributed by atoms with Gasteiger partial charge in [0.2, 0.25) is 0 Å². The van der Waals surface area contributed by atoms with Crippen molar-refractivity contribution in [2.45, 2.75) is 32.5 Å². The average Bonchev–Trinajstić information content (AvgIpc) is 3.96. The van der Waals surface area contributed by atoms with E-state index in [1.165, 1.54) is 7.11 Å². The number of hydrogen-bond donors (Lipinski definition) is 0. The van der Waals surface area contributed by atoms with Gasteiger partial charge in [-0.2, -0.15) is 10.2 Å². The minimum atomic E-state index is -0.926. The van der Waals surface area contributed by atoms with Crippen LogP contribution in [0.3, 0.4) is 0 Å². The zero-order chi connectivity index (χ0) is 37.2. The summed E-state index contributed by atoms with van der Waals surface area (Å²) in [4.78, 5) is 13.6. The van der Waals surface area contributed by atoms with Crippen molar-refractivity contribution in [2.24, 2.45) is 0 Å². The molecule has 5 aromatic carbocycles. The standard InChI is InChI=1S/C44H39N7O3/c1-5-50-40(25-30(2)48-50)42-47-46-41(49(42)29-31-21-23-36(53-3)24-22-31)37-26-32(43(52)54-4)27-39-38(37)28-45-51(39)44(33-15-9-6-10-16-33,34-17-11-7-12-18-34)35-19-13-8-14-20-35/h6-28H,5,29H2,1-4H3. The van der Waals surface area contributed by atoms with Crippen molar-refractivity contribution in [3.63, 3.8) is 0 Å². The lowest BCUT2D eigenvalue weighted by atomic mass is 9.77. The second-order valence-corrected chi connectivity index (χ2v) is 13.1. The van der Waals surface area contributed by atoms with Crippen LogP contribution < -0.4 is 4.74 Å². The van der Waals surface area contributed by atoms with Gasteiger partial charge >= 0.3 is 5.97 Å². The van der Waals surface area contributed by atoms with Crippen LogP contribution in [-0.2, 0) is 23.4 Å². The molecule has 3 aromatic heterocycles. The predicted octanol–water partition coefficient (Wildman–Crippen LogP) is 8.17. The number of carbonyl (C=O) groups excluding carboxylic acids is 1. The first-order chi connectivity index (χ1) is 26.5. The third-order valence-electron chi connectivity index (χ3n) is 9.92. The number of rotatable bonds is 11. The minimum Gasteiger partial charge on any atom is -0.497 e. The lowest BCUT2D eigenvalue weighted by molar-refractivity contribution is 0.0601. The molecular weight excluding hydrogens is 675 g/mol. The van der Waals surface area contributed by atoms with Gasteiger partial charge < -0.3 is 14.0 Å². The van der Waals surface area contributed by atoms with Gasteiger partial charge in [0.15, 0.2) is 11.6 Å². The molecule has 0 amide bonds. The molecule has 0 unspecified atom stereocenters. The lowest BCUT2D eigenvalue weighted by Gasteiger charge is -2.37. The molecule has 0 saturated heterocycles. The molecular formula is C44H39N7O3. The molecule has 0 fully saturated rings. The summed E-state index contributed by atoms with van der Waals surface area (Å²) in [5, 5.41) is 20.4. The summed E-state index contributed by atoms with van der Waals surface area (Å²) < 4.78 is 16.8. The molecule has 0 atom stereocenters. The Balaban J connectivity index is 1.44. The Labute approximate surface area is 313 Å². The molecule has 10 heteroatoms. The quantitative estimate of drug-likeness (QED) is 0.0985. The van der Waals surface area contributed by atoms with E-state index in [9.17, 15) is 4.79 Å². The number of aromatic nitrogens is 7. The summed E-state index contributed by atoms with van der Waals surface area (Å²) in [6.45, 7) is 5.12. The van der Waals surface area contributed by atoms with Gasteiger partial charge in [0.1, 0.15) is 17.0 Å². The Morgan fingerprint density at radius 2 is 1.33 bits per heavy atom. The molecule has 0 N–H and O–H groups in total. The molecule has 0 radical (unpaired) electrons. The first-order valence-electron chi connectivity index (χ1n) is 17.8. The second kappa shape index (κ2) is 14.3. The second-order valence-electron chi connectivity index (χ2n) is 13.1. The monoisotopic (exact) mass is 713 g/mol. The van der Waals surface area contributed by atoms with E-state index < -0.39 is 11.5 Å². The number of hydrogen-bond acceptors (Lipinski definition) is 7. The highest BCUT2D eigenvalue weighted by Gasteiger charge is 2.41. The smallest absolute Gasteiger partial charge is 0.337 e. The van der Waals surface area contributed by atoms with E-state index in [-0.39, 0.29) is 0 Å². The zero-order valence-electron chi connectivity index (χ0n) is 30.5. The normalized spacial score (nSPS) is 11.6. The summed E-state index contributed by atoms with van der Waals surface area (Å²) in [7, 11) is 3.05. The van der Waals surface area contributed by atoms with E-state index in [4.69, 9.17) is 29.9 Å². The van der Waals surface area contributed by atoms with E-state index in [1.807, 2.05) is 120 Å². The Hall–Kier alpha value is -6.81. The highest BCUT2D eigenvalue weighted by molar-refractivity contribution is 6.01. The topological polar surface area (TPSA) is 102 Å². The number of fused-ring (bicyclic) bond motifs is 1. The number of aryl methyl sites for hydroxylation is 2. The summed E-state index contributed by atoms with van der Waals surface area (Å²) >= 11 is 0. The van der Waals surface area contributed by atoms with Crippen molar-refractivity contribution in [1.29, 1.82) is 0 Å². The molecule has 8 aromatic rings. The fourth-order valence-electron chi connectivity index (χ4n) is 7.44. The van der Waals surface area contributed by atoms with E-state index in [1.54, 1.807) is 7.11 Å². The van der Waals surface area contributed by atoms with Crippen LogP contribution in [0.5, 0.6) is 5.75 Å². The van der Waals surface area contributed by atoms with Crippen molar-refractivity contribution in [3.8, 4) is 28.7 Å². The van der Waals surface area contributed by atoms with Crippen LogP contribution in [0.2, 0.25) is 0 Å². The number of benzene rings is 5. The summed E-state index contributed by atoms with van der Waals surface area (Å²) in [5.41, 5.74) is 6.60. The van der Waals surface area contributed by atoms with Crippen LogP contribution in [0, 0.1) is 6.92 Å². The maximum absolute atomic E-state index is 13.6. The maximum Gasteiger partial charge on any atom is 0.337 e.